The molecule has 0 heterocycles. The average molecular weight is 236 g/mol. The number of phenols is 3. The summed E-state index contributed by atoms with van der Waals surface area (Å²) in [5.74, 6) is -1.29. The van der Waals surface area contributed by atoms with Crippen LogP contribution in [0.2, 0.25) is 0 Å². The molecule has 0 spiro atoms. The molecule has 0 radical (unpaired) electrons. The van der Waals surface area contributed by atoms with E-state index >= 15 is 0 Å². The summed E-state index contributed by atoms with van der Waals surface area (Å²) in [6.07, 6.45) is 4.76. The lowest BCUT2D eigenvalue weighted by Gasteiger charge is -2.21. The maximum Gasteiger partial charge on any atom is 0.173 e. The molecule has 0 atom stereocenters. The summed E-state index contributed by atoms with van der Waals surface area (Å²) in [4.78, 5) is 12.2. The summed E-state index contributed by atoms with van der Waals surface area (Å²) < 4.78 is 0. The van der Waals surface area contributed by atoms with Crippen LogP contribution in [0.1, 0.15) is 42.5 Å². The predicted octanol–water partition coefficient (Wildman–Crippen LogP) is 2.57. The van der Waals surface area contributed by atoms with Crippen LogP contribution in [0.4, 0.5) is 0 Å². The maximum atomic E-state index is 12.2. The van der Waals surface area contributed by atoms with E-state index in [4.69, 9.17) is 0 Å². The lowest BCUT2D eigenvalue weighted by Crippen LogP contribution is -2.18. The van der Waals surface area contributed by atoms with Crippen LogP contribution in [0.25, 0.3) is 0 Å². The summed E-state index contributed by atoms with van der Waals surface area (Å²) in [7, 11) is 0. The van der Waals surface area contributed by atoms with E-state index < -0.39 is 0 Å². The summed E-state index contributed by atoms with van der Waals surface area (Å²) in [5.41, 5.74) is -0.0605. The first-order valence-electron chi connectivity index (χ1n) is 5.88. The second-order valence-corrected chi connectivity index (χ2v) is 4.56. The van der Waals surface area contributed by atoms with E-state index in [-0.39, 0.29) is 34.5 Å². The first-order chi connectivity index (χ1) is 8.09. The molecule has 1 aromatic rings. The van der Waals surface area contributed by atoms with Crippen molar-refractivity contribution in [3.8, 4) is 17.2 Å². The Morgan fingerprint density at radius 1 is 1.00 bits per heavy atom. The molecular formula is C13H16O4. The Bertz CT molecular complexity index is 410. The number of benzene rings is 1. The maximum absolute atomic E-state index is 12.2. The lowest BCUT2D eigenvalue weighted by atomic mass is 9.83. The van der Waals surface area contributed by atoms with E-state index in [9.17, 15) is 20.1 Å². The Labute approximate surface area is 99.5 Å². The van der Waals surface area contributed by atoms with Crippen LogP contribution in [-0.4, -0.2) is 21.1 Å². The highest BCUT2D eigenvalue weighted by Crippen LogP contribution is 2.36. The molecule has 1 aliphatic carbocycles. The summed E-state index contributed by atoms with van der Waals surface area (Å²) in [6.45, 7) is 0. The van der Waals surface area contributed by atoms with Crippen LogP contribution in [-0.2, 0) is 0 Å². The van der Waals surface area contributed by atoms with Gasteiger partial charge in [-0.3, -0.25) is 4.79 Å². The Balaban J connectivity index is 2.30. The number of aromatic hydroxyl groups is 3. The van der Waals surface area contributed by atoms with E-state index in [2.05, 4.69) is 0 Å². The van der Waals surface area contributed by atoms with Gasteiger partial charge in [0.15, 0.2) is 5.78 Å². The van der Waals surface area contributed by atoms with Crippen molar-refractivity contribution in [2.45, 2.75) is 32.1 Å². The first kappa shape index (κ1) is 11.8. The third kappa shape index (κ3) is 2.35. The van der Waals surface area contributed by atoms with E-state index in [0.29, 0.717) is 0 Å². The molecule has 0 amide bonds. The molecule has 1 aliphatic rings. The van der Waals surface area contributed by atoms with Crippen molar-refractivity contribution in [3.05, 3.63) is 17.7 Å². The van der Waals surface area contributed by atoms with Gasteiger partial charge >= 0.3 is 0 Å². The van der Waals surface area contributed by atoms with Gasteiger partial charge in [0.05, 0.1) is 0 Å². The highest BCUT2D eigenvalue weighted by molar-refractivity contribution is 6.02. The Hall–Kier alpha value is -1.71. The van der Waals surface area contributed by atoms with Gasteiger partial charge in [-0.15, -0.1) is 0 Å². The number of rotatable bonds is 2. The van der Waals surface area contributed by atoms with E-state index in [0.717, 1.165) is 44.2 Å². The second kappa shape index (κ2) is 4.65. The number of carbonyl (C=O) groups excluding carboxylic acids is 1. The van der Waals surface area contributed by atoms with E-state index in [1.165, 1.54) is 0 Å². The summed E-state index contributed by atoms with van der Waals surface area (Å²) in [5, 5.41) is 28.4. The van der Waals surface area contributed by atoms with Crippen LogP contribution in [0.5, 0.6) is 17.2 Å². The fraction of sp³-hybridized carbons (Fsp3) is 0.462. The Morgan fingerprint density at radius 3 is 2.06 bits per heavy atom. The molecule has 2 rings (SSSR count). The molecule has 4 heteroatoms. The van der Waals surface area contributed by atoms with Gasteiger partial charge in [-0.25, -0.2) is 0 Å². The smallest absolute Gasteiger partial charge is 0.173 e. The van der Waals surface area contributed by atoms with Gasteiger partial charge in [-0.2, -0.15) is 0 Å². The third-order valence-electron chi connectivity index (χ3n) is 3.30. The molecule has 1 fully saturated rings. The van der Waals surface area contributed by atoms with Crippen molar-refractivity contribution in [2.75, 3.05) is 0 Å². The third-order valence-corrected chi connectivity index (χ3v) is 3.30. The minimum Gasteiger partial charge on any atom is -0.508 e. The van der Waals surface area contributed by atoms with Crippen molar-refractivity contribution >= 4 is 5.78 Å². The molecule has 0 aliphatic heterocycles. The van der Waals surface area contributed by atoms with E-state index in [1.54, 1.807) is 0 Å². The molecule has 1 saturated carbocycles. The standard InChI is InChI=1S/C13H16O4/c14-9-6-10(15)12(11(16)7-9)13(17)8-4-2-1-3-5-8/h6-8,14-16H,1-5H2. The second-order valence-electron chi connectivity index (χ2n) is 4.56. The lowest BCUT2D eigenvalue weighted by molar-refractivity contribution is 0.0884. The largest absolute Gasteiger partial charge is 0.508 e. The average Bonchev–Trinajstić information content (AvgIpc) is 2.28. The normalized spacial score (nSPS) is 16.9. The van der Waals surface area contributed by atoms with E-state index in [1.807, 2.05) is 0 Å². The quantitative estimate of drug-likeness (QED) is 0.689. The molecule has 3 N–H and O–H groups in total. The number of Topliss-reactive ketones (excluding diaryl/α,β-unsaturated/α-hetero) is 1. The number of phenolic OH excluding ortho intramolecular Hbond substituents is 3. The minimum absolute atomic E-state index is 0.0605. The van der Waals surface area contributed by atoms with Gasteiger partial charge in [-0.1, -0.05) is 19.3 Å². The van der Waals surface area contributed by atoms with Crippen molar-refractivity contribution in [3.63, 3.8) is 0 Å². The number of carbonyl (C=O) groups is 1. The molecule has 0 bridgehead atoms. The van der Waals surface area contributed by atoms with Crippen molar-refractivity contribution in [1.82, 2.24) is 0 Å². The van der Waals surface area contributed by atoms with Crippen molar-refractivity contribution in [2.24, 2.45) is 5.92 Å². The molecule has 17 heavy (non-hydrogen) atoms. The Kier molecular flexibility index (Phi) is 3.22. The van der Waals surface area contributed by atoms with Gasteiger partial charge in [-0.05, 0) is 12.8 Å². The Morgan fingerprint density at radius 2 is 1.53 bits per heavy atom. The van der Waals surface area contributed by atoms with Crippen LogP contribution in [0, 0.1) is 5.92 Å². The van der Waals surface area contributed by atoms with Crippen molar-refractivity contribution in [1.29, 1.82) is 0 Å². The molecule has 92 valence electrons. The van der Waals surface area contributed by atoms with Crippen LogP contribution in [0.15, 0.2) is 12.1 Å². The number of hydrogen-bond acceptors (Lipinski definition) is 4. The molecular weight excluding hydrogens is 220 g/mol. The minimum atomic E-state index is -0.349. The molecule has 0 unspecified atom stereocenters. The fourth-order valence-corrected chi connectivity index (χ4v) is 2.42. The summed E-state index contributed by atoms with van der Waals surface area (Å²) >= 11 is 0. The zero-order valence-electron chi connectivity index (χ0n) is 9.52. The molecule has 1 aromatic carbocycles. The highest BCUT2D eigenvalue weighted by Gasteiger charge is 2.27. The van der Waals surface area contributed by atoms with Crippen LogP contribution in [0.3, 0.4) is 0 Å². The molecule has 0 saturated heterocycles. The zero-order valence-corrected chi connectivity index (χ0v) is 9.52. The monoisotopic (exact) mass is 236 g/mol. The topological polar surface area (TPSA) is 77.8 Å². The van der Waals surface area contributed by atoms with Crippen LogP contribution < -0.4 is 0 Å². The highest BCUT2D eigenvalue weighted by atomic mass is 16.3. The first-order valence-corrected chi connectivity index (χ1v) is 5.88. The van der Waals surface area contributed by atoms with Gasteiger partial charge in [0.25, 0.3) is 0 Å². The predicted molar refractivity (Wildman–Crippen MR) is 62.3 cm³/mol. The fourth-order valence-electron chi connectivity index (χ4n) is 2.42. The molecule has 0 aromatic heterocycles. The van der Waals surface area contributed by atoms with Gasteiger partial charge in [0.2, 0.25) is 0 Å². The number of ketones is 1. The summed E-state index contributed by atoms with van der Waals surface area (Å²) in [6, 6.07) is 2.16. The molecule has 4 nitrogen and oxygen atoms in total. The van der Waals surface area contributed by atoms with Gasteiger partial charge < -0.3 is 15.3 Å². The van der Waals surface area contributed by atoms with Crippen molar-refractivity contribution < 1.29 is 20.1 Å². The van der Waals surface area contributed by atoms with Crippen LogP contribution >= 0.6 is 0 Å². The zero-order chi connectivity index (χ0) is 12.4. The SMILES string of the molecule is O=C(c1c(O)cc(O)cc1O)C1CCCCC1. The van der Waals surface area contributed by atoms with Gasteiger partial charge in [0.1, 0.15) is 22.8 Å². The number of hydrogen-bond donors (Lipinski definition) is 3. The van der Waals surface area contributed by atoms with Gasteiger partial charge in [0, 0.05) is 18.1 Å².